The Morgan fingerprint density at radius 1 is 1.52 bits per heavy atom. The molecule has 3 N–H and O–H groups in total. The van der Waals surface area contributed by atoms with Crippen LogP contribution >= 0.6 is 11.8 Å². The highest BCUT2D eigenvalue weighted by Gasteiger charge is 2.26. The highest BCUT2D eigenvalue weighted by Crippen LogP contribution is 2.13. The van der Waals surface area contributed by atoms with Crippen molar-refractivity contribution in [2.45, 2.75) is 25.0 Å². The van der Waals surface area contributed by atoms with E-state index in [1.807, 2.05) is 0 Å². The Bertz CT molecular complexity index is 583. The minimum Gasteiger partial charge on any atom is -0.351 e. The predicted molar refractivity (Wildman–Crippen MR) is 76.4 cm³/mol. The lowest BCUT2D eigenvalue weighted by Crippen LogP contribution is -2.50. The zero-order chi connectivity index (χ0) is 15.4. The Hall–Kier alpha value is -2.10. The number of urea groups is 1. The van der Waals surface area contributed by atoms with E-state index in [0.717, 1.165) is 0 Å². The van der Waals surface area contributed by atoms with Gasteiger partial charge in [0.05, 0.1) is 11.6 Å². The summed E-state index contributed by atoms with van der Waals surface area (Å²) in [5, 5.41) is 19.9. The van der Waals surface area contributed by atoms with Crippen LogP contribution in [-0.2, 0) is 11.8 Å². The fourth-order valence-corrected chi connectivity index (χ4v) is 2.68. The lowest BCUT2D eigenvalue weighted by atomic mass is 10.0. The molecule has 1 aromatic rings. The van der Waals surface area contributed by atoms with Crippen molar-refractivity contribution in [3.63, 3.8) is 0 Å². The van der Waals surface area contributed by atoms with Crippen LogP contribution in [0.25, 0.3) is 0 Å². The van der Waals surface area contributed by atoms with Crippen LogP contribution in [-0.4, -0.2) is 50.5 Å². The Labute approximate surface area is 125 Å². The second-order valence-corrected chi connectivity index (χ2v) is 5.61. The number of hydrogen-bond acceptors (Lipinski definition) is 6. The van der Waals surface area contributed by atoms with Gasteiger partial charge in [0, 0.05) is 25.0 Å². The maximum atomic E-state index is 12.1. The quantitative estimate of drug-likeness (QED) is 0.494. The molecule has 0 fully saturated rings. The number of carbonyl (C=O) groups is 2. The molecule has 1 aliphatic heterocycles. The normalized spacial score (nSPS) is 18.2. The number of allylic oxidation sites excluding steroid dienone is 1. The van der Waals surface area contributed by atoms with E-state index in [2.05, 4.69) is 31.5 Å². The zero-order valence-corrected chi connectivity index (χ0v) is 12.8. The first-order valence-corrected chi connectivity index (χ1v) is 7.39. The summed E-state index contributed by atoms with van der Waals surface area (Å²) in [5.74, 6) is 0.463. The summed E-state index contributed by atoms with van der Waals surface area (Å²) in [4.78, 5) is 23.4. The van der Waals surface area contributed by atoms with E-state index >= 15 is 0 Å². The second-order valence-electron chi connectivity index (χ2n) is 4.55. The first-order chi connectivity index (χ1) is 9.99. The van der Waals surface area contributed by atoms with Crippen LogP contribution in [0.1, 0.15) is 13.8 Å². The summed E-state index contributed by atoms with van der Waals surface area (Å²) in [6.07, 6.45) is 0. The maximum absolute atomic E-state index is 12.1. The molecule has 2 rings (SSSR count). The van der Waals surface area contributed by atoms with E-state index in [4.69, 9.17) is 0 Å². The molecule has 0 radical (unpaired) electrons. The molecule has 2 heterocycles. The molecule has 0 saturated heterocycles. The monoisotopic (exact) mass is 311 g/mol. The minimum atomic E-state index is -0.311. The van der Waals surface area contributed by atoms with Gasteiger partial charge >= 0.3 is 6.03 Å². The third-order valence-electron chi connectivity index (χ3n) is 2.93. The van der Waals surface area contributed by atoms with Gasteiger partial charge in [-0.25, -0.2) is 9.48 Å². The Kier molecular flexibility index (Phi) is 4.78. The van der Waals surface area contributed by atoms with Crippen LogP contribution in [0.4, 0.5) is 4.79 Å². The van der Waals surface area contributed by atoms with E-state index in [-0.39, 0.29) is 18.0 Å². The molecule has 9 nitrogen and oxygen atoms in total. The third kappa shape index (κ3) is 3.72. The lowest BCUT2D eigenvalue weighted by Gasteiger charge is -2.25. The molecule has 0 unspecified atom stereocenters. The molecule has 3 amide bonds. The largest absolute Gasteiger partial charge is 0.351 e. The molecule has 0 saturated carbocycles. The minimum absolute atomic E-state index is 0.191. The fraction of sp³-hybridized carbons (Fsp3) is 0.545. The van der Waals surface area contributed by atoms with E-state index in [9.17, 15) is 9.59 Å². The maximum Gasteiger partial charge on any atom is 0.319 e. The molecule has 1 aromatic heterocycles. The molecule has 0 bridgehead atoms. The smallest absolute Gasteiger partial charge is 0.319 e. The van der Waals surface area contributed by atoms with Crippen LogP contribution in [0.5, 0.6) is 0 Å². The van der Waals surface area contributed by atoms with Crippen LogP contribution in [0.2, 0.25) is 0 Å². The van der Waals surface area contributed by atoms with Crippen molar-refractivity contribution in [2.24, 2.45) is 7.05 Å². The van der Waals surface area contributed by atoms with Gasteiger partial charge in [-0.15, -0.1) is 5.10 Å². The van der Waals surface area contributed by atoms with Crippen molar-refractivity contribution in [2.75, 3.05) is 12.3 Å². The number of tetrazole rings is 1. The summed E-state index contributed by atoms with van der Waals surface area (Å²) >= 11 is 1.46. The first-order valence-electron chi connectivity index (χ1n) is 6.40. The number of aromatic nitrogens is 4. The molecule has 10 heteroatoms. The van der Waals surface area contributed by atoms with Gasteiger partial charge < -0.3 is 16.0 Å². The number of hydrogen-bond donors (Lipinski definition) is 3. The molecule has 1 atom stereocenters. The van der Waals surface area contributed by atoms with Gasteiger partial charge in [0.15, 0.2) is 0 Å². The summed E-state index contributed by atoms with van der Waals surface area (Å²) in [7, 11) is 1.76. The van der Waals surface area contributed by atoms with Gasteiger partial charge in [0.25, 0.3) is 5.91 Å². The standard InChI is InChI=1S/C11H17N7O2S/c1-6-8(7(2)14-10(20)13-6)9(19)12-4-5-21-11-15-16-17-18(11)3/h6H,4-5H2,1-3H3,(H,12,19)(H2,13,14,20)/t6-/m1/s1. The molecular formula is C11H17N7O2S. The SMILES string of the molecule is CC1=C(C(=O)NCCSc2nnnn2C)[C@@H](C)NC(=O)N1. The molecule has 1 aliphatic rings. The number of carbonyl (C=O) groups excluding carboxylic acids is 2. The van der Waals surface area contributed by atoms with Crippen molar-refractivity contribution in [3.05, 3.63) is 11.3 Å². The highest BCUT2D eigenvalue weighted by molar-refractivity contribution is 7.99. The van der Waals surface area contributed by atoms with Gasteiger partial charge in [0.1, 0.15) is 0 Å². The number of thioether (sulfide) groups is 1. The average Bonchev–Trinajstić information content (AvgIpc) is 2.79. The summed E-state index contributed by atoms with van der Waals surface area (Å²) < 4.78 is 1.57. The van der Waals surface area contributed by atoms with Crippen molar-refractivity contribution < 1.29 is 9.59 Å². The lowest BCUT2D eigenvalue weighted by molar-refractivity contribution is -0.117. The van der Waals surface area contributed by atoms with Gasteiger partial charge in [-0.3, -0.25) is 4.79 Å². The van der Waals surface area contributed by atoms with Crippen molar-refractivity contribution in [1.82, 2.24) is 36.2 Å². The summed E-state index contributed by atoms with van der Waals surface area (Å²) in [6, 6.07) is -0.601. The van der Waals surface area contributed by atoms with E-state index < -0.39 is 0 Å². The van der Waals surface area contributed by atoms with Gasteiger partial charge in [-0.1, -0.05) is 11.8 Å². The van der Waals surface area contributed by atoms with Gasteiger partial charge in [0.2, 0.25) is 5.16 Å². The fourth-order valence-electron chi connectivity index (χ4n) is 1.98. The van der Waals surface area contributed by atoms with Crippen molar-refractivity contribution in [1.29, 1.82) is 0 Å². The summed E-state index contributed by atoms with van der Waals surface area (Å²) in [6.45, 7) is 3.97. The van der Waals surface area contributed by atoms with E-state index in [1.165, 1.54) is 11.8 Å². The molecule has 0 aliphatic carbocycles. The number of nitrogens with zero attached hydrogens (tertiary/aromatic N) is 4. The Morgan fingerprint density at radius 2 is 2.29 bits per heavy atom. The zero-order valence-electron chi connectivity index (χ0n) is 12.0. The third-order valence-corrected chi connectivity index (χ3v) is 3.94. The second kappa shape index (κ2) is 6.57. The average molecular weight is 311 g/mol. The molecule has 114 valence electrons. The highest BCUT2D eigenvalue weighted by atomic mass is 32.2. The van der Waals surface area contributed by atoms with E-state index in [1.54, 1.807) is 25.6 Å². The van der Waals surface area contributed by atoms with Crippen LogP contribution in [0.3, 0.4) is 0 Å². The first kappa shape index (κ1) is 15.3. The Morgan fingerprint density at radius 3 is 2.90 bits per heavy atom. The van der Waals surface area contributed by atoms with Crippen LogP contribution < -0.4 is 16.0 Å². The molecule has 0 spiro atoms. The number of aryl methyl sites for hydroxylation is 1. The summed E-state index contributed by atoms with van der Waals surface area (Å²) in [5.41, 5.74) is 1.12. The van der Waals surface area contributed by atoms with Crippen molar-refractivity contribution >= 4 is 23.7 Å². The molecular weight excluding hydrogens is 294 g/mol. The molecule has 21 heavy (non-hydrogen) atoms. The van der Waals surface area contributed by atoms with Gasteiger partial charge in [-0.05, 0) is 24.3 Å². The van der Waals surface area contributed by atoms with Crippen LogP contribution in [0, 0.1) is 0 Å². The topological polar surface area (TPSA) is 114 Å². The van der Waals surface area contributed by atoms with Crippen molar-refractivity contribution in [3.8, 4) is 0 Å². The van der Waals surface area contributed by atoms with Gasteiger partial charge in [-0.2, -0.15) is 0 Å². The van der Waals surface area contributed by atoms with Crippen LogP contribution in [0.15, 0.2) is 16.4 Å². The number of rotatable bonds is 5. The predicted octanol–water partition coefficient (Wildman–Crippen LogP) is -0.606. The number of nitrogens with one attached hydrogen (secondary N) is 3. The Balaban J connectivity index is 1.83. The van der Waals surface area contributed by atoms with E-state index in [0.29, 0.717) is 28.7 Å². The number of amides is 3. The molecule has 0 aromatic carbocycles.